The zero-order chi connectivity index (χ0) is 19.0. The lowest BCUT2D eigenvalue weighted by atomic mass is 9.80. The van der Waals surface area contributed by atoms with E-state index in [1.165, 1.54) is 7.11 Å². The number of ether oxygens (including phenoxy) is 1. The second kappa shape index (κ2) is 9.33. The van der Waals surface area contributed by atoms with Gasteiger partial charge in [-0.3, -0.25) is 19.7 Å². The van der Waals surface area contributed by atoms with Crippen molar-refractivity contribution in [2.45, 2.75) is 50.1 Å². The average molecular weight is 362 g/mol. The van der Waals surface area contributed by atoms with Crippen LogP contribution in [0.2, 0.25) is 0 Å². The number of methoxy groups -OCH3 is 1. The van der Waals surface area contributed by atoms with Crippen LogP contribution in [0.15, 0.2) is 30.3 Å². The number of aliphatic carboxylic acids is 1. The first-order valence-corrected chi connectivity index (χ1v) is 8.86. The lowest BCUT2D eigenvalue weighted by molar-refractivity contribution is -0.148. The summed E-state index contributed by atoms with van der Waals surface area (Å²) in [4.78, 5) is 35.9. The number of benzene rings is 1. The van der Waals surface area contributed by atoms with Crippen LogP contribution >= 0.6 is 0 Å². The zero-order valence-electron chi connectivity index (χ0n) is 15.0. The highest BCUT2D eigenvalue weighted by atomic mass is 16.5. The largest absolute Gasteiger partial charge is 0.480 e. The standard InChI is InChI=1S/C19H26N2O5/c1-26-16(22)13-20-17(23)15(12-14-8-4-2-5-9-14)21-19(18(24)25)10-6-3-7-11-19/h2,4-5,8-9,15,21H,3,6-7,10-13H2,1H3,(H,20,23)(H,24,25)/t15-/m0/s1. The summed E-state index contributed by atoms with van der Waals surface area (Å²) in [7, 11) is 1.25. The maximum absolute atomic E-state index is 12.6. The minimum atomic E-state index is -1.11. The van der Waals surface area contributed by atoms with Crippen molar-refractivity contribution in [1.29, 1.82) is 0 Å². The smallest absolute Gasteiger partial charge is 0.325 e. The van der Waals surface area contributed by atoms with Gasteiger partial charge in [0.25, 0.3) is 0 Å². The zero-order valence-corrected chi connectivity index (χ0v) is 15.0. The van der Waals surface area contributed by atoms with Crippen LogP contribution in [-0.4, -0.2) is 48.2 Å². The first-order chi connectivity index (χ1) is 12.5. The maximum atomic E-state index is 12.6. The number of hydrogen-bond acceptors (Lipinski definition) is 5. The van der Waals surface area contributed by atoms with Gasteiger partial charge in [0, 0.05) is 0 Å². The van der Waals surface area contributed by atoms with Crippen LogP contribution in [0.3, 0.4) is 0 Å². The third-order valence-corrected chi connectivity index (χ3v) is 4.80. The number of carboxylic acid groups (broad SMARTS) is 1. The molecule has 0 unspecified atom stereocenters. The van der Waals surface area contributed by atoms with E-state index in [1.54, 1.807) is 0 Å². The highest BCUT2D eigenvalue weighted by Gasteiger charge is 2.42. The Morgan fingerprint density at radius 3 is 2.38 bits per heavy atom. The molecule has 1 saturated carbocycles. The Kier molecular flexibility index (Phi) is 7.15. The van der Waals surface area contributed by atoms with Gasteiger partial charge in [-0.1, -0.05) is 49.6 Å². The molecule has 0 bridgehead atoms. The molecule has 1 aromatic carbocycles. The molecule has 1 aliphatic rings. The van der Waals surface area contributed by atoms with Crippen LogP contribution in [0.4, 0.5) is 0 Å². The molecule has 0 heterocycles. The van der Waals surface area contributed by atoms with Gasteiger partial charge in [-0.15, -0.1) is 0 Å². The molecule has 0 aromatic heterocycles. The fraction of sp³-hybridized carbons (Fsp3) is 0.526. The van der Waals surface area contributed by atoms with E-state index in [1.807, 2.05) is 30.3 Å². The SMILES string of the molecule is COC(=O)CNC(=O)[C@H](Cc1ccccc1)NC1(C(=O)O)CCCCC1. The molecule has 0 spiro atoms. The van der Waals surface area contributed by atoms with Crippen molar-refractivity contribution >= 4 is 17.8 Å². The molecule has 1 atom stereocenters. The molecule has 1 amide bonds. The third-order valence-electron chi connectivity index (χ3n) is 4.80. The predicted molar refractivity (Wildman–Crippen MR) is 95.5 cm³/mol. The summed E-state index contributed by atoms with van der Waals surface area (Å²) in [6, 6.07) is 8.63. The van der Waals surface area contributed by atoms with E-state index in [9.17, 15) is 19.5 Å². The summed E-state index contributed by atoms with van der Waals surface area (Å²) in [6.07, 6.45) is 3.91. The quantitative estimate of drug-likeness (QED) is 0.602. The van der Waals surface area contributed by atoms with Gasteiger partial charge in [-0.2, -0.15) is 0 Å². The maximum Gasteiger partial charge on any atom is 0.325 e. The number of hydrogen-bond donors (Lipinski definition) is 3. The van der Waals surface area contributed by atoms with Crippen molar-refractivity contribution in [3.8, 4) is 0 Å². The number of amides is 1. The summed E-state index contributed by atoms with van der Waals surface area (Å²) >= 11 is 0. The molecule has 0 radical (unpaired) electrons. The average Bonchev–Trinajstić information content (AvgIpc) is 2.66. The summed E-state index contributed by atoms with van der Waals surface area (Å²) < 4.78 is 4.54. The van der Waals surface area contributed by atoms with Crippen LogP contribution in [-0.2, 0) is 25.5 Å². The molecule has 1 aromatic rings. The van der Waals surface area contributed by atoms with E-state index < -0.39 is 29.4 Å². The Balaban J connectivity index is 2.16. The lowest BCUT2D eigenvalue weighted by Crippen LogP contribution is -2.61. The Labute approximate surface area is 153 Å². The molecule has 142 valence electrons. The van der Waals surface area contributed by atoms with Gasteiger partial charge < -0.3 is 15.2 Å². The summed E-state index contributed by atoms with van der Waals surface area (Å²) in [6.45, 7) is -0.248. The van der Waals surface area contributed by atoms with E-state index in [-0.39, 0.29) is 6.54 Å². The molecular formula is C19H26N2O5. The fourth-order valence-electron chi connectivity index (χ4n) is 3.32. The Hall–Kier alpha value is -2.41. The number of carboxylic acids is 1. The molecular weight excluding hydrogens is 336 g/mol. The van der Waals surface area contributed by atoms with Gasteiger partial charge >= 0.3 is 11.9 Å². The third kappa shape index (κ3) is 5.29. The molecule has 26 heavy (non-hydrogen) atoms. The highest BCUT2D eigenvalue weighted by Crippen LogP contribution is 2.29. The van der Waals surface area contributed by atoms with E-state index >= 15 is 0 Å². The Morgan fingerprint density at radius 1 is 1.15 bits per heavy atom. The van der Waals surface area contributed by atoms with E-state index in [0.717, 1.165) is 24.8 Å². The van der Waals surface area contributed by atoms with Gasteiger partial charge in [0.2, 0.25) is 5.91 Å². The van der Waals surface area contributed by atoms with Gasteiger partial charge in [0.15, 0.2) is 0 Å². The number of carbonyl (C=O) groups is 3. The van der Waals surface area contributed by atoms with Crippen molar-refractivity contribution in [3.63, 3.8) is 0 Å². The van der Waals surface area contributed by atoms with E-state index in [2.05, 4.69) is 15.4 Å². The summed E-state index contributed by atoms with van der Waals surface area (Å²) in [5, 5.41) is 15.4. The molecule has 0 saturated heterocycles. The van der Waals surface area contributed by atoms with Gasteiger partial charge in [0.05, 0.1) is 13.2 Å². The van der Waals surface area contributed by atoms with Crippen LogP contribution in [0, 0.1) is 0 Å². The molecule has 0 aliphatic heterocycles. The van der Waals surface area contributed by atoms with Crippen LogP contribution in [0.5, 0.6) is 0 Å². The predicted octanol–water partition coefficient (Wildman–Crippen LogP) is 1.26. The highest BCUT2D eigenvalue weighted by molar-refractivity contribution is 5.87. The fourth-order valence-corrected chi connectivity index (χ4v) is 3.32. The normalized spacial score (nSPS) is 17.1. The van der Waals surface area contributed by atoms with Crippen LogP contribution < -0.4 is 10.6 Å². The van der Waals surface area contributed by atoms with Crippen molar-refractivity contribution in [3.05, 3.63) is 35.9 Å². The van der Waals surface area contributed by atoms with Gasteiger partial charge in [-0.25, -0.2) is 0 Å². The first kappa shape index (κ1) is 19.9. The number of esters is 1. The summed E-state index contributed by atoms with van der Waals surface area (Å²) in [5.41, 5.74) is -0.199. The first-order valence-electron chi connectivity index (χ1n) is 8.86. The molecule has 1 fully saturated rings. The van der Waals surface area contributed by atoms with Gasteiger partial charge in [-0.05, 0) is 24.8 Å². The van der Waals surface area contributed by atoms with Crippen molar-refractivity contribution in [2.24, 2.45) is 0 Å². The van der Waals surface area contributed by atoms with Gasteiger partial charge in [0.1, 0.15) is 12.1 Å². The lowest BCUT2D eigenvalue weighted by Gasteiger charge is -2.37. The summed E-state index contributed by atoms with van der Waals surface area (Å²) in [5.74, 6) is -1.90. The number of rotatable bonds is 8. The molecule has 7 heteroatoms. The second-order valence-corrected chi connectivity index (χ2v) is 6.63. The molecule has 2 rings (SSSR count). The van der Waals surface area contributed by atoms with Crippen LogP contribution in [0.25, 0.3) is 0 Å². The minimum Gasteiger partial charge on any atom is -0.480 e. The molecule has 3 N–H and O–H groups in total. The second-order valence-electron chi connectivity index (χ2n) is 6.63. The number of carbonyl (C=O) groups excluding carboxylic acids is 2. The van der Waals surface area contributed by atoms with Crippen LogP contribution in [0.1, 0.15) is 37.7 Å². The molecule has 7 nitrogen and oxygen atoms in total. The van der Waals surface area contributed by atoms with E-state index in [4.69, 9.17) is 0 Å². The van der Waals surface area contributed by atoms with E-state index in [0.29, 0.717) is 19.3 Å². The topological polar surface area (TPSA) is 105 Å². The minimum absolute atomic E-state index is 0.248. The van der Waals surface area contributed by atoms with Crippen molar-refractivity contribution < 1.29 is 24.2 Å². The Bertz CT molecular complexity index is 626. The van der Waals surface area contributed by atoms with Crippen molar-refractivity contribution in [1.82, 2.24) is 10.6 Å². The monoisotopic (exact) mass is 362 g/mol. The van der Waals surface area contributed by atoms with Crippen molar-refractivity contribution in [2.75, 3.05) is 13.7 Å². The Morgan fingerprint density at radius 2 is 1.81 bits per heavy atom. The number of nitrogens with one attached hydrogen (secondary N) is 2. The molecule has 1 aliphatic carbocycles.